The van der Waals surface area contributed by atoms with Crippen molar-refractivity contribution in [3.63, 3.8) is 0 Å². The van der Waals surface area contributed by atoms with E-state index in [1.165, 1.54) is 44.9 Å². The van der Waals surface area contributed by atoms with Gasteiger partial charge in [0.2, 0.25) is 5.24 Å². The Bertz CT molecular complexity index is 209. The van der Waals surface area contributed by atoms with Gasteiger partial charge in [0.1, 0.15) is 0 Å². The van der Waals surface area contributed by atoms with Crippen LogP contribution >= 0.6 is 11.6 Å². The molecule has 0 radical (unpaired) electrons. The smallest absolute Gasteiger partial charge is 0.248 e. The molecule has 0 aromatic heterocycles. The summed E-state index contributed by atoms with van der Waals surface area (Å²) in [6, 6.07) is 0. The summed E-state index contributed by atoms with van der Waals surface area (Å²) in [7, 11) is 0. The van der Waals surface area contributed by atoms with Crippen LogP contribution in [0.1, 0.15) is 71.6 Å². The van der Waals surface area contributed by atoms with Crippen LogP contribution in [0.5, 0.6) is 0 Å². The zero-order valence-electron chi connectivity index (χ0n) is 10.7. The first-order chi connectivity index (χ1) is 7.72. The number of carbonyl (C=O) groups is 1. The predicted octanol–water partition coefficient (Wildman–Crippen LogP) is 5.23. The van der Waals surface area contributed by atoms with Gasteiger partial charge in [-0.05, 0) is 31.4 Å². The van der Waals surface area contributed by atoms with Crippen molar-refractivity contribution in [1.82, 2.24) is 0 Å². The second-order valence-corrected chi connectivity index (χ2v) is 4.66. The molecule has 94 valence electrons. The third kappa shape index (κ3) is 8.96. The first kappa shape index (κ1) is 15.7. The average Bonchev–Trinajstić information content (AvgIpc) is 2.26. The molecule has 0 saturated heterocycles. The highest BCUT2D eigenvalue weighted by Gasteiger charge is 2.03. The summed E-state index contributed by atoms with van der Waals surface area (Å²) in [5, 5.41) is -0.287. The molecule has 0 atom stereocenters. The topological polar surface area (TPSA) is 17.1 Å². The van der Waals surface area contributed by atoms with E-state index in [9.17, 15) is 4.79 Å². The van der Waals surface area contributed by atoms with Crippen molar-refractivity contribution in [1.29, 1.82) is 0 Å². The number of unbranched alkanes of at least 4 members (excludes halogenated alkanes) is 7. The summed E-state index contributed by atoms with van der Waals surface area (Å²) in [6.45, 7) is 4.11. The van der Waals surface area contributed by atoms with Gasteiger partial charge in [0, 0.05) is 5.57 Å². The average molecular weight is 245 g/mol. The van der Waals surface area contributed by atoms with E-state index in [4.69, 9.17) is 11.6 Å². The van der Waals surface area contributed by atoms with Crippen LogP contribution in [0, 0.1) is 0 Å². The van der Waals surface area contributed by atoms with Crippen molar-refractivity contribution in [2.45, 2.75) is 71.6 Å². The van der Waals surface area contributed by atoms with E-state index in [-0.39, 0.29) is 5.24 Å². The lowest BCUT2D eigenvalue weighted by molar-refractivity contribution is -0.108. The SMILES string of the molecule is C/C=C(\CCCCCCCCCC)C(=O)Cl. The van der Waals surface area contributed by atoms with Crippen LogP contribution in [0.2, 0.25) is 0 Å². The van der Waals surface area contributed by atoms with Gasteiger partial charge in [0.05, 0.1) is 0 Å². The Hall–Kier alpha value is -0.300. The molecule has 0 aromatic rings. The highest BCUT2D eigenvalue weighted by molar-refractivity contribution is 6.67. The first-order valence-corrected chi connectivity index (χ1v) is 6.95. The third-order valence-electron chi connectivity index (χ3n) is 2.90. The van der Waals surface area contributed by atoms with Crippen molar-refractivity contribution in [2.24, 2.45) is 0 Å². The number of hydrogen-bond donors (Lipinski definition) is 0. The minimum atomic E-state index is -0.287. The highest BCUT2D eigenvalue weighted by Crippen LogP contribution is 2.14. The molecular formula is C14H25ClO. The molecule has 2 heteroatoms. The lowest BCUT2D eigenvalue weighted by atomic mass is 10.0. The monoisotopic (exact) mass is 244 g/mol. The van der Waals surface area contributed by atoms with E-state index < -0.39 is 0 Å². The van der Waals surface area contributed by atoms with Gasteiger partial charge < -0.3 is 0 Å². The van der Waals surface area contributed by atoms with E-state index in [1.54, 1.807) is 0 Å². The Balaban J connectivity index is 3.30. The largest absolute Gasteiger partial charge is 0.276 e. The number of allylic oxidation sites excluding steroid dienone is 2. The van der Waals surface area contributed by atoms with Gasteiger partial charge >= 0.3 is 0 Å². The highest BCUT2D eigenvalue weighted by atomic mass is 35.5. The van der Waals surface area contributed by atoms with Gasteiger partial charge in [-0.1, -0.05) is 57.9 Å². The van der Waals surface area contributed by atoms with Crippen LogP contribution in [-0.4, -0.2) is 5.24 Å². The zero-order valence-corrected chi connectivity index (χ0v) is 11.5. The summed E-state index contributed by atoms with van der Waals surface area (Å²) < 4.78 is 0. The number of carbonyl (C=O) groups excluding carboxylic acids is 1. The maximum absolute atomic E-state index is 10.9. The van der Waals surface area contributed by atoms with Crippen molar-refractivity contribution in [2.75, 3.05) is 0 Å². The first-order valence-electron chi connectivity index (χ1n) is 6.57. The molecule has 0 heterocycles. The molecule has 1 nitrogen and oxygen atoms in total. The minimum Gasteiger partial charge on any atom is -0.276 e. The van der Waals surface area contributed by atoms with E-state index in [0.29, 0.717) is 0 Å². The van der Waals surface area contributed by atoms with E-state index >= 15 is 0 Å². The van der Waals surface area contributed by atoms with Crippen LogP contribution in [-0.2, 0) is 4.79 Å². The van der Waals surface area contributed by atoms with Crippen LogP contribution in [0.25, 0.3) is 0 Å². The Morgan fingerprint density at radius 2 is 1.50 bits per heavy atom. The Labute approximate surface area is 105 Å². The van der Waals surface area contributed by atoms with Gasteiger partial charge in [0.25, 0.3) is 0 Å². The fourth-order valence-electron chi connectivity index (χ4n) is 1.81. The molecule has 0 aliphatic heterocycles. The summed E-state index contributed by atoms with van der Waals surface area (Å²) in [5.41, 5.74) is 0.771. The van der Waals surface area contributed by atoms with Gasteiger partial charge in [-0.25, -0.2) is 0 Å². The molecular weight excluding hydrogens is 220 g/mol. The standard InChI is InChI=1S/C14H25ClO/c1-3-5-6-7-8-9-10-11-12-13(4-2)14(15)16/h4H,3,5-12H2,1-2H3/b13-4+. The van der Waals surface area contributed by atoms with Crippen LogP contribution < -0.4 is 0 Å². The van der Waals surface area contributed by atoms with Crippen molar-refractivity contribution in [3.8, 4) is 0 Å². The maximum atomic E-state index is 10.9. The number of rotatable bonds is 10. The fraction of sp³-hybridized carbons (Fsp3) is 0.786. The number of hydrogen-bond acceptors (Lipinski definition) is 1. The molecule has 0 rings (SSSR count). The Morgan fingerprint density at radius 1 is 1.00 bits per heavy atom. The van der Waals surface area contributed by atoms with Crippen LogP contribution in [0.3, 0.4) is 0 Å². The van der Waals surface area contributed by atoms with Crippen molar-refractivity contribution >= 4 is 16.8 Å². The van der Waals surface area contributed by atoms with Crippen LogP contribution in [0.4, 0.5) is 0 Å². The molecule has 0 spiro atoms. The maximum Gasteiger partial charge on any atom is 0.248 e. The Morgan fingerprint density at radius 3 is 1.94 bits per heavy atom. The van der Waals surface area contributed by atoms with E-state index in [1.807, 2.05) is 13.0 Å². The molecule has 0 aliphatic rings. The summed E-state index contributed by atoms with van der Waals surface area (Å²) in [6.07, 6.45) is 13.0. The normalized spacial score (nSPS) is 11.8. The lowest BCUT2D eigenvalue weighted by Crippen LogP contribution is -1.93. The molecule has 0 aliphatic carbocycles. The molecule has 0 fully saturated rings. The van der Waals surface area contributed by atoms with Crippen molar-refractivity contribution < 1.29 is 4.79 Å². The second kappa shape index (κ2) is 11.2. The second-order valence-electron chi connectivity index (χ2n) is 4.31. The summed E-state index contributed by atoms with van der Waals surface area (Å²) in [5.74, 6) is 0. The third-order valence-corrected chi connectivity index (χ3v) is 3.14. The quantitative estimate of drug-likeness (QED) is 0.292. The molecule has 0 unspecified atom stereocenters. The van der Waals surface area contributed by atoms with Gasteiger partial charge in [-0.15, -0.1) is 0 Å². The van der Waals surface area contributed by atoms with Gasteiger partial charge in [-0.3, -0.25) is 4.79 Å². The lowest BCUT2D eigenvalue weighted by Gasteiger charge is -2.02. The van der Waals surface area contributed by atoms with Crippen molar-refractivity contribution in [3.05, 3.63) is 11.6 Å². The minimum absolute atomic E-state index is 0.287. The molecule has 0 amide bonds. The van der Waals surface area contributed by atoms with Gasteiger partial charge in [0.15, 0.2) is 0 Å². The predicted molar refractivity (Wildman–Crippen MR) is 71.8 cm³/mol. The molecule has 0 aromatic carbocycles. The molecule has 0 saturated carbocycles. The van der Waals surface area contributed by atoms with E-state index in [2.05, 4.69) is 6.92 Å². The molecule has 0 bridgehead atoms. The number of halogens is 1. The fourth-order valence-corrected chi connectivity index (χ4v) is 2.01. The summed E-state index contributed by atoms with van der Waals surface area (Å²) >= 11 is 5.43. The van der Waals surface area contributed by atoms with Gasteiger partial charge in [-0.2, -0.15) is 0 Å². The molecule has 0 N–H and O–H groups in total. The molecule has 16 heavy (non-hydrogen) atoms. The summed E-state index contributed by atoms with van der Waals surface area (Å²) in [4.78, 5) is 10.9. The Kier molecular flexibility index (Phi) is 11.0. The van der Waals surface area contributed by atoms with Crippen LogP contribution in [0.15, 0.2) is 11.6 Å². The zero-order chi connectivity index (χ0) is 12.2. The van der Waals surface area contributed by atoms with E-state index in [0.717, 1.165) is 18.4 Å².